The summed E-state index contributed by atoms with van der Waals surface area (Å²) >= 11 is 0. The molecule has 4 heteroatoms. The average Bonchev–Trinajstić information content (AvgIpc) is 2.36. The SMILES string of the molecule is CC(C)NCCC(=O)NCc1ccccc1CN(C)C. The number of rotatable bonds is 8. The molecule has 0 bridgehead atoms. The molecule has 0 saturated carbocycles. The van der Waals surface area contributed by atoms with Crippen LogP contribution in [0.1, 0.15) is 31.4 Å². The van der Waals surface area contributed by atoms with Gasteiger partial charge in [0.2, 0.25) is 5.91 Å². The Kier molecular flexibility index (Phi) is 7.26. The molecule has 1 aromatic rings. The molecule has 112 valence electrons. The maximum Gasteiger partial charge on any atom is 0.221 e. The third-order valence-corrected chi connectivity index (χ3v) is 2.99. The Morgan fingerprint density at radius 1 is 1.20 bits per heavy atom. The van der Waals surface area contributed by atoms with Gasteiger partial charge >= 0.3 is 0 Å². The molecule has 0 aliphatic heterocycles. The van der Waals surface area contributed by atoms with Gasteiger partial charge in [-0.25, -0.2) is 0 Å². The summed E-state index contributed by atoms with van der Waals surface area (Å²) in [6.45, 7) is 6.37. The fourth-order valence-corrected chi connectivity index (χ4v) is 1.98. The van der Waals surface area contributed by atoms with E-state index in [9.17, 15) is 4.79 Å². The van der Waals surface area contributed by atoms with Crippen molar-refractivity contribution < 1.29 is 4.79 Å². The van der Waals surface area contributed by atoms with Gasteiger partial charge in [-0.15, -0.1) is 0 Å². The lowest BCUT2D eigenvalue weighted by molar-refractivity contribution is -0.121. The van der Waals surface area contributed by atoms with Crippen LogP contribution in [0.3, 0.4) is 0 Å². The number of hydrogen-bond acceptors (Lipinski definition) is 3. The Balaban J connectivity index is 2.42. The van der Waals surface area contributed by atoms with E-state index in [-0.39, 0.29) is 5.91 Å². The Morgan fingerprint density at radius 2 is 1.85 bits per heavy atom. The monoisotopic (exact) mass is 277 g/mol. The highest BCUT2D eigenvalue weighted by molar-refractivity contribution is 5.76. The van der Waals surface area contributed by atoms with E-state index in [1.54, 1.807) is 0 Å². The normalized spacial score (nSPS) is 11.1. The van der Waals surface area contributed by atoms with E-state index in [0.29, 0.717) is 19.0 Å². The summed E-state index contributed by atoms with van der Waals surface area (Å²) in [5.74, 6) is 0.0952. The Morgan fingerprint density at radius 3 is 2.45 bits per heavy atom. The second kappa shape index (κ2) is 8.72. The zero-order valence-corrected chi connectivity index (χ0v) is 13.1. The van der Waals surface area contributed by atoms with Gasteiger partial charge in [0.05, 0.1) is 0 Å². The molecule has 0 fully saturated rings. The van der Waals surface area contributed by atoms with E-state index in [1.165, 1.54) is 11.1 Å². The lowest BCUT2D eigenvalue weighted by atomic mass is 10.1. The predicted molar refractivity (Wildman–Crippen MR) is 83.4 cm³/mol. The van der Waals surface area contributed by atoms with Crippen molar-refractivity contribution in [2.45, 2.75) is 39.4 Å². The number of nitrogens with zero attached hydrogens (tertiary/aromatic N) is 1. The van der Waals surface area contributed by atoms with Crippen LogP contribution in [0.25, 0.3) is 0 Å². The molecule has 0 aliphatic carbocycles. The summed E-state index contributed by atoms with van der Waals surface area (Å²) in [5.41, 5.74) is 2.45. The van der Waals surface area contributed by atoms with Crippen molar-refractivity contribution >= 4 is 5.91 Å². The van der Waals surface area contributed by atoms with Crippen molar-refractivity contribution in [1.29, 1.82) is 0 Å². The molecule has 0 aromatic heterocycles. The van der Waals surface area contributed by atoms with Gasteiger partial charge in [0.25, 0.3) is 0 Å². The van der Waals surface area contributed by atoms with Crippen molar-refractivity contribution in [2.75, 3.05) is 20.6 Å². The van der Waals surface area contributed by atoms with Crippen molar-refractivity contribution in [3.8, 4) is 0 Å². The predicted octanol–water partition coefficient (Wildman–Crippen LogP) is 1.75. The lowest BCUT2D eigenvalue weighted by Gasteiger charge is -2.15. The summed E-state index contributed by atoms with van der Waals surface area (Å²) in [5, 5.41) is 6.23. The van der Waals surface area contributed by atoms with Gasteiger partial charge < -0.3 is 15.5 Å². The van der Waals surface area contributed by atoms with Crippen LogP contribution in [0.4, 0.5) is 0 Å². The van der Waals surface area contributed by atoms with Crippen molar-refractivity contribution in [3.05, 3.63) is 35.4 Å². The van der Waals surface area contributed by atoms with Crippen LogP contribution in [0.5, 0.6) is 0 Å². The van der Waals surface area contributed by atoms with Crippen LogP contribution in [0.2, 0.25) is 0 Å². The smallest absolute Gasteiger partial charge is 0.221 e. The minimum Gasteiger partial charge on any atom is -0.352 e. The number of amides is 1. The molecule has 0 heterocycles. The standard InChI is InChI=1S/C16H27N3O/c1-13(2)17-10-9-16(20)18-11-14-7-5-6-8-15(14)12-19(3)4/h5-8,13,17H,9-12H2,1-4H3,(H,18,20). The molecule has 0 saturated heterocycles. The highest BCUT2D eigenvalue weighted by Gasteiger charge is 2.05. The summed E-state index contributed by atoms with van der Waals surface area (Å²) in [7, 11) is 4.10. The topological polar surface area (TPSA) is 44.4 Å². The summed E-state index contributed by atoms with van der Waals surface area (Å²) < 4.78 is 0. The highest BCUT2D eigenvalue weighted by atomic mass is 16.1. The first-order chi connectivity index (χ1) is 9.49. The van der Waals surface area contributed by atoms with Crippen LogP contribution in [0, 0.1) is 0 Å². The second-order valence-corrected chi connectivity index (χ2v) is 5.64. The Labute approximate surface area is 122 Å². The number of carbonyl (C=O) groups is 1. The van der Waals surface area contributed by atoms with E-state index in [0.717, 1.165) is 13.1 Å². The summed E-state index contributed by atoms with van der Waals surface area (Å²) in [4.78, 5) is 13.9. The molecular formula is C16H27N3O. The summed E-state index contributed by atoms with van der Waals surface area (Å²) in [6.07, 6.45) is 0.522. The third kappa shape index (κ3) is 6.68. The van der Waals surface area contributed by atoms with Gasteiger partial charge in [-0.2, -0.15) is 0 Å². The van der Waals surface area contributed by atoms with Crippen LogP contribution >= 0.6 is 0 Å². The van der Waals surface area contributed by atoms with Gasteiger partial charge in [0.15, 0.2) is 0 Å². The van der Waals surface area contributed by atoms with Gasteiger partial charge in [-0.05, 0) is 25.2 Å². The number of hydrogen-bond donors (Lipinski definition) is 2. The molecule has 0 radical (unpaired) electrons. The van der Waals surface area contributed by atoms with Crippen LogP contribution in [-0.2, 0) is 17.9 Å². The molecule has 0 atom stereocenters. The van der Waals surface area contributed by atoms with Gasteiger partial charge in [-0.1, -0.05) is 38.1 Å². The van der Waals surface area contributed by atoms with Crippen LogP contribution < -0.4 is 10.6 Å². The molecule has 0 unspecified atom stereocenters. The van der Waals surface area contributed by atoms with Gasteiger partial charge in [-0.3, -0.25) is 4.79 Å². The van der Waals surface area contributed by atoms with Crippen molar-refractivity contribution in [3.63, 3.8) is 0 Å². The van der Waals surface area contributed by atoms with E-state index in [1.807, 2.05) is 26.2 Å². The number of benzene rings is 1. The molecule has 0 spiro atoms. The van der Waals surface area contributed by atoms with E-state index in [2.05, 4.69) is 41.5 Å². The second-order valence-electron chi connectivity index (χ2n) is 5.64. The number of nitrogens with one attached hydrogen (secondary N) is 2. The maximum atomic E-state index is 11.8. The zero-order valence-electron chi connectivity index (χ0n) is 13.1. The zero-order chi connectivity index (χ0) is 15.0. The molecule has 1 amide bonds. The van der Waals surface area contributed by atoms with E-state index in [4.69, 9.17) is 0 Å². The molecule has 20 heavy (non-hydrogen) atoms. The van der Waals surface area contributed by atoms with E-state index >= 15 is 0 Å². The first-order valence-electron chi connectivity index (χ1n) is 7.20. The third-order valence-electron chi connectivity index (χ3n) is 2.99. The average molecular weight is 277 g/mol. The van der Waals surface area contributed by atoms with Crippen molar-refractivity contribution in [2.24, 2.45) is 0 Å². The first kappa shape index (κ1) is 16.7. The summed E-state index contributed by atoms with van der Waals surface area (Å²) in [6, 6.07) is 8.66. The number of carbonyl (C=O) groups excluding carboxylic acids is 1. The van der Waals surface area contributed by atoms with Crippen LogP contribution in [0.15, 0.2) is 24.3 Å². The minimum absolute atomic E-state index is 0.0952. The first-order valence-corrected chi connectivity index (χ1v) is 7.20. The molecule has 1 aromatic carbocycles. The Bertz CT molecular complexity index is 416. The molecule has 4 nitrogen and oxygen atoms in total. The minimum atomic E-state index is 0.0952. The largest absolute Gasteiger partial charge is 0.352 e. The quantitative estimate of drug-likeness (QED) is 0.761. The lowest BCUT2D eigenvalue weighted by Crippen LogP contribution is -2.30. The van der Waals surface area contributed by atoms with E-state index < -0.39 is 0 Å². The van der Waals surface area contributed by atoms with Gasteiger partial charge in [0, 0.05) is 32.1 Å². The molecular weight excluding hydrogens is 250 g/mol. The fourth-order valence-electron chi connectivity index (χ4n) is 1.98. The molecule has 2 N–H and O–H groups in total. The van der Waals surface area contributed by atoms with Crippen molar-refractivity contribution in [1.82, 2.24) is 15.5 Å². The fraction of sp³-hybridized carbons (Fsp3) is 0.562. The van der Waals surface area contributed by atoms with Crippen LogP contribution in [-0.4, -0.2) is 37.5 Å². The molecule has 0 aliphatic rings. The molecule has 1 rings (SSSR count). The maximum absolute atomic E-state index is 11.8. The highest BCUT2D eigenvalue weighted by Crippen LogP contribution is 2.10. The van der Waals surface area contributed by atoms with Gasteiger partial charge in [0.1, 0.15) is 0 Å². The Hall–Kier alpha value is -1.39.